The van der Waals surface area contributed by atoms with Gasteiger partial charge in [-0.2, -0.15) is 0 Å². The number of piperidine rings is 1. The fourth-order valence-electron chi connectivity index (χ4n) is 1.98. The van der Waals surface area contributed by atoms with Gasteiger partial charge in [-0.15, -0.1) is 0 Å². The molecule has 102 valence electrons. The van der Waals surface area contributed by atoms with E-state index in [0.29, 0.717) is 18.1 Å². The number of hydrogen-bond acceptors (Lipinski definition) is 2. The first kappa shape index (κ1) is 14.8. The normalized spacial score (nSPS) is 19.3. The molecule has 6 heteroatoms. The smallest absolute Gasteiger partial charge is 0.319 e. The Hall–Kier alpha value is -1.23. The largest absolute Gasteiger partial charge is 0.351 e. The summed E-state index contributed by atoms with van der Waals surface area (Å²) in [5.41, 5.74) is 0. The van der Waals surface area contributed by atoms with E-state index in [1.54, 1.807) is 19.0 Å². The Bertz CT molecular complexity index is 344. The van der Waals surface area contributed by atoms with Gasteiger partial charge in [0.1, 0.15) is 0 Å². The Balaban J connectivity index is 2.50. The summed E-state index contributed by atoms with van der Waals surface area (Å²) < 4.78 is 0. The first-order chi connectivity index (χ1) is 8.41. The van der Waals surface area contributed by atoms with Crippen molar-refractivity contribution >= 4 is 23.5 Å². The molecule has 1 atom stereocenters. The van der Waals surface area contributed by atoms with Gasteiger partial charge in [-0.1, -0.05) is 18.2 Å². The second-order valence-corrected chi connectivity index (χ2v) is 5.23. The molecule has 0 saturated carbocycles. The SMILES string of the molecule is C=C(Cl)CNC(=O)C1CCCN(C(=O)N(C)C)C1. The number of likely N-dealkylation sites (tertiary alicyclic amines) is 1. The molecule has 0 aromatic rings. The summed E-state index contributed by atoms with van der Waals surface area (Å²) in [7, 11) is 3.42. The highest BCUT2D eigenvalue weighted by Crippen LogP contribution is 2.17. The van der Waals surface area contributed by atoms with Crippen molar-refractivity contribution in [2.24, 2.45) is 5.92 Å². The lowest BCUT2D eigenvalue weighted by Gasteiger charge is -2.33. The second-order valence-electron chi connectivity index (χ2n) is 4.70. The van der Waals surface area contributed by atoms with E-state index in [2.05, 4.69) is 11.9 Å². The van der Waals surface area contributed by atoms with E-state index in [4.69, 9.17) is 11.6 Å². The maximum atomic E-state index is 11.9. The molecule has 1 N–H and O–H groups in total. The molecule has 0 aromatic carbocycles. The van der Waals surface area contributed by atoms with Crippen LogP contribution in [0.4, 0.5) is 4.79 Å². The molecule has 0 radical (unpaired) electrons. The summed E-state index contributed by atoms with van der Waals surface area (Å²) in [5, 5.41) is 3.12. The van der Waals surface area contributed by atoms with Crippen molar-refractivity contribution in [1.29, 1.82) is 0 Å². The lowest BCUT2D eigenvalue weighted by Crippen LogP contribution is -2.48. The molecule has 5 nitrogen and oxygen atoms in total. The van der Waals surface area contributed by atoms with Gasteiger partial charge in [0, 0.05) is 32.2 Å². The highest BCUT2D eigenvalue weighted by atomic mass is 35.5. The van der Waals surface area contributed by atoms with Gasteiger partial charge in [0.15, 0.2) is 0 Å². The van der Waals surface area contributed by atoms with Crippen LogP contribution in [0.3, 0.4) is 0 Å². The van der Waals surface area contributed by atoms with Crippen molar-refractivity contribution in [3.05, 3.63) is 11.6 Å². The summed E-state index contributed by atoms with van der Waals surface area (Å²) in [6.07, 6.45) is 1.65. The molecule has 0 aromatic heterocycles. The molecule has 0 bridgehead atoms. The van der Waals surface area contributed by atoms with Crippen molar-refractivity contribution in [2.75, 3.05) is 33.7 Å². The monoisotopic (exact) mass is 273 g/mol. The molecule has 0 spiro atoms. The molecule has 1 fully saturated rings. The summed E-state index contributed by atoms with van der Waals surface area (Å²) in [4.78, 5) is 26.9. The lowest BCUT2D eigenvalue weighted by atomic mass is 9.97. The summed E-state index contributed by atoms with van der Waals surface area (Å²) in [5.74, 6) is -0.216. The number of amides is 3. The number of nitrogens with one attached hydrogen (secondary N) is 1. The molecular weight excluding hydrogens is 254 g/mol. The summed E-state index contributed by atoms with van der Waals surface area (Å²) in [6, 6.07) is -0.0470. The highest BCUT2D eigenvalue weighted by Gasteiger charge is 2.28. The first-order valence-electron chi connectivity index (χ1n) is 5.99. The number of rotatable bonds is 3. The fraction of sp³-hybridized carbons (Fsp3) is 0.667. The number of carbonyl (C=O) groups excluding carboxylic acids is 2. The molecule has 18 heavy (non-hydrogen) atoms. The zero-order valence-electron chi connectivity index (χ0n) is 10.9. The third-order valence-electron chi connectivity index (χ3n) is 2.90. The van der Waals surface area contributed by atoms with E-state index in [0.717, 1.165) is 12.8 Å². The molecule has 1 heterocycles. The van der Waals surface area contributed by atoms with Crippen LogP contribution >= 0.6 is 11.6 Å². The predicted molar refractivity (Wildman–Crippen MR) is 71.4 cm³/mol. The number of hydrogen-bond donors (Lipinski definition) is 1. The van der Waals surface area contributed by atoms with E-state index in [1.165, 1.54) is 4.90 Å². The molecule has 1 aliphatic rings. The number of carbonyl (C=O) groups is 2. The van der Waals surface area contributed by atoms with Crippen molar-refractivity contribution in [2.45, 2.75) is 12.8 Å². The van der Waals surface area contributed by atoms with Gasteiger partial charge in [0.25, 0.3) is 0 Å². The van der Waals surface area contributed by atoms with Gasteiger partial charge < -0.3 is 15.1 Å². The van der Waals surface area contributed by atoms with Crippen LogP contribution in [0.1, 0.15) is 12.8 Å². The minimum atomic E-state index is -0.154. The number of nitrogens with zero attached hydrogens (tertiary/aromatic N) is 2. The zero-order chi connectivity index (χ0) is 13.7. The van der Waals surface area contributed by atoms with E-state index in [-0.39, 0.29) is 24.4 Å². The number of urea groups is 1. The topological polar surface area (TPSA) is 52.7 Å². The van der Waals surface area contributed by atoms with Crippen LogP contribution in [-0.4, -0.2) is 55.5 Å². The third-order valence-corrected chi connectivity index (χ3v) is 3.03. The highest BCUT2D eigenvalue weighted by molar-refractivity contribution is 6.29. The van der Waals surface area contributed by atoms with Gasteiger partial charge in [-0.05, 0) is 12.8 Å². The van der Waals surface area contributed by atoms with Crippen LogP contribution in [-0.2, 0) is 4.79 Å². The molecule has 1 aliphatic heterocycles. The van der Waals surface area contributed by atoms with E-state index < -0.39 is 0 Å². The van der Waals surface area contributed by atoms with Crippen LogP contribution < -0.4 is 5.32 Å². The minimum absolute atomic E-state index is 0.0470. The maximum Gasteiger partial charge on any atom is 0.319 e. The average molecular weight is 274 g/mol. The maximum absolute atomic E-state index is 11.9. The van der Waals surface area contributed by atoms with Crippen LogP contribution in [0.5, 0.6) is 0 Å². The quantitative estimate of drug-likeness (QED) is 0.841. The molecule has 1 rings (SSSR count). The predicted octanol–water partition coefficient (Wildman–Crippen LogP) is 1.25. The Morgan fingerprint density at radius 3 is 2.72 bits per heavy atom. The molecule has 1 unspecified atom stereocenters. The van der Waals surface area contributed by atoms with Crippen molar-refractivity contribution < 1.29 is 9.59 Å². The first-order valence-corrected chi connectivity index (χ1v) is 6.37. The Kier molecular flexibility index (Phi) is 5.47. The lowest BCUT2D eigenvalue weighted by molar-refractivity contribution is -0.126. The molecule has 1 saturated heterocycles. The van der Waals surface area contributed by atoms with Gasteiger partial charge in [0.05, 0.1) is 12.5 Å². The Morgan fingerprint density at radius 2 is 2.17 bits per heavy atom. The van der Waals surface area contributed by atoms with E-state index >= 15 is 0 Å². The summed E-state index contributed by atoms with van der Waals surface area (Å²) >= 11 is 5.60. The van der Waals surface area contributed by atoms with Crippen LogP contribution in [0, 0.1) is 5.92 Å². The number of halogens is 1. The van der Waals surface area contributed by atoms with Crippen LogP contribution in [0.25, 0.3) is 0 Å². The van der Waals surface area contributed by atoms with Gasteiger partial charge in [-0.25, -0.2) is 4.79 Å². The minimum Gasteiger partial charge on any atom is -0.351 e. The third kappa shape index (κ3) is 4.22. The van der Waals surface area contributed by atoms with Crippen molar-refractivity contribution in [3.8, 4) is 0 Å². The zero-order valence-corrected chi connectivity index (χ0v) is 11.7. The van der Waals surface area contributed by atoms with Crippen molar-refractivity contribution in [1.82, 2.24) is 15.1 Å². The standard InChI is InChI=1S/C12H20ClN3O2/c1-9(13)7-14-11(17)10-5-4-6-16(8-10)12(18)15(2)3/h10H,1,4-8H2,2-3H3,(H,14,17). The van der Waals surface area contributed by atoms with Crippen LogP contribution in [0.2, 0.25) is 0 Å². The Morgan fingerprint density at radius 1 is 1.50 bits per heavy atom. The molecular formula is C12H20ClN3O2. The summed E-state index contributed by atoms with van der Waals surface area (Å²) in [6.45, 7) is 4.98. The van der Waals surface area contributed by atoms with E-state index in [9.17, 15) is 9.59 Å². The van der Waals surface area contributed by atoms with Crippen LogP contribution in [0.15, 0.2) is 11.6 Å². The second kappa shape index (κ2) is 6.64. The van der Waals surface area contributed by atoms with Crippen molar-refractivity contribution in [3.63, 3.8) is 0 Å². The Labute approximate surface area is 113 Å². The van der Waals surface area contributed by atoms with E-state index in [1.807, 2.05) is 0 Å². The van der Waals surface area contributed by atoms with Gasteiger partial charge >= 0.3 is 6.03 Å². The molecule has 3 amide bonds. The van der Waals surface area contributed by atoms with Gasteiger partial charge in [0.2, 0.25) is 5.91 Å². The molecule has 0 aliphatic carbocycles. The average Bonchev–Trinajstić information content (AvgIpc) is 2.34. The fourth-order valence-corrected chi connectivity index (χ4v) is 2.04. The van der Waals surface area contributed by atoms with Gasteiger partial charge in [-0.3, -0.25) is 4.79 Å².